The minimum absolute atomic E-state index is 0.0721. The van der Waals surface area contributed by atoms with Gasteiger partial charge in [-0.1, -0.05) is 12.1 Å². The maximum Gasteiger partial charge on any atom is 0.158 e. The first-order valence-corrected chi connectivity index (χ1v) is 9.00. The summed E-state index contributed by atoms with van der Waals surface area (Å²) in [7, 11) is 1.68. The van der Waals surface area contributed by atoms with Gasteiger partial charge in [0, 0.05) is 34.7 Å². The van der Waals surface area contributed by atoms with Crippen molar-refractivity contribution in [3.05, 3.63) is 77.0 Å². The summed E-state index contributed by atoms with van der Waals surface area (Å²) in [5.74, 6) is 0.862. The normalized spacial score (nSPS) is 17.0. The molecule has 0 amide bonds. The highest BCUT2D eigenvalue weighted by molar-refractivity contribution is 9.10. The zero-order valence-corrected chi connectivity index (χ0v) is 15.5. The number of methoxy groups -OCH3 is 1. The Labute approximate surface area is 155 Å². The van der Waals surface area contributed by atoms with Gasteiger partial charge in [-0.15, -0.1) is 0 Å². The molecule has 3 aromatic rings. The Balaban J connectivity index is 1.61. The number of hydrogen-bond acceptors (Lipinski definition) is 3. The summed E-state index contributed by atoms with van der Waals surface area (Å²) in [6.45, 7) is 1.59. The van der Waals surface area contributed by atoms with Crippen LogP contribution >= 0.6 is 15.9 Å². The zero-order valence-electron chi connectivity index (χ0n) is 13.9. The van der Waals surface area contributed by atoms with Crippen molar-refractivity contribution in [2.75, 3.05) is 25.2 Å². The lowest BCUT2D eigenvalue weighted by Gasteiger charge is -2.24. The van der Waals surface area contributed by atoms with E-state index >= 15 is 0 Å². The molecule has 1 saturated heterocycles. The summed E-state index contributed by atoms with van der Waals surface area (Å²) in [4.78, 5) is 2.28. The van der Waals surface area contributed by atoms with Gasteiger partial charge in [-0.25, -0.2) is 0 Å². The number of rotatable bonds is 4. The quantitative estimate of drug-likeness (QED) is 0.632. The summed E-state index contributed by atoms with van der Waals surface area (Å²) < 4.78 is 14.4. The Hall–Kier alpha value is -2.24. The van der Waals surface area contributed by atoms with E-state index in [9.17, 15) is 0 Å². The summed E-state index contributed by atoms with van der Waals surface area (Å²) >= 11 is 3.61. The third-order valence-electron chi connectivity index (χ3n) is 4.43. The second-order valence-electron chi connectivity index (χ2n) is 5.92. The average molecular weight is 399 g/mol. The lowest BCUT2D eigenvalue weighted by atomic mass is 10.2. The van der Waals surface area contributed by atoms with Gasteiger partial charge < -0.3 is 18.9 Å². The topological polar surface area (TPSA) is 26.6 Å². The molecule has 1 fully saturated rings. The van der Waals surface area contributed by atoms with E-state index in [1.54, 1.807) is 7.11 Å². The van der Waals surface area contributed by atoms with E-state index in [-0.39, 0.29) is 6.23 Å². The molecule has 2 aromatic carbocycles. The second kappa shape index (κ2) is 6.94. The maximum atomic E-state index is 6.01. The number of aromatic nitrogens is 1. The SMILES string of the molecule is COc1ccc(N2CCO[C@@H]2c2ccn(-c3ccccc3Br)c2)cc1. The molecule has 5 heteroatoms. The predicted molar refractivity (Wildman–Crippen MR) is 103 cm³/mol. The van der Waals surface area contributed by atoms with Crippen molar-refractivity contribution in [2.24, 2.45) is 0 Å². The van der Waals surface area contributed by atoms with Crippen LogP contribution in [0.5, 0.6) is 5.75 Å². The number of ether oxygens (including phenoxy) is 2. The maximum absolute atomic E-state index is 6.01. The molecular weight excluding hydrogens is 380 g/mol. The van der Waals surface area contributed by atoms with Crippen molar-refractivity contribution in [1.82, 2.24) is 4.57 Å². The van der Waals surface area contributed by atoms with Crippen molar-refractivity contribution < 1.29 is 9.47 Å². The zero-order chi connectivity index (χ0) is 17.2. The molecule has 0 aliphatic carbocycles. The standard InChI is InChI=1S/C20H19BrN2O2/c1-24-17-8-6-16(7-9-17)23-12-13-25-20(23)15-10-11-22(14-15)19-5-3-2-4-18(19)21/h2-11,14,20H,12-13H2,1H3/t20-/m1/s1. The molecule has 0 unspecified atom stereocenters. The smallest absolute Gasteiger partial charge is 0.158 e. The molecule has 1 aliphatic rings. The summed E-state index contributed by atoms with van der Waals surface area (Å²) in [5.41, 5.74) is 3.39. The molecule has 128 valence electrons. The molecule has 0 radical (unpaired) electrons. The molecule has 0 saturated carbocycles. The van der Waals surface area contributed by atoms with Gasteiger partial charge >= 0.3 is 0 Å². The molecule has 0 spiro atoms. The van der Waals surface area contributed by atoms with Gasteiger partial charge in [0.25, 0.3) is 0 Å². The highest BCUT2D eigenvalue weighted by Crippen LogP contribution is 2.34. The van der Waals surface area contributed by atoms with Crippen molar-refractivity contribution in [3.8, 4) is 11.4 Å². The molecule has 1 aromatic heterocycles. The van der Waals surface area contributed by atoms with Crippen LogP contribution in [0.15, 0.2) is 71.5 Å². The van der Waals surface area contributed by atoms with Gasteiger partial charge in [-0.05, 0) is 58.4 Å². The Morgan fingerprint density at radius 2 is 1.88 bits per heavy atom. The second-order valence-corrected chi connectivity index (χ2v) is 6.77. The van der Waals surface area contributed by atoms with Crippen LogP contribution < -0.4 is 9.64 Å². The molecular formula is C20H19BrN2O2. The first-order valence-electron chi connectivity index (χ1n) is 8.21. The molecule has 1 aliphatic heterocycles. The molecule has 0 N–H and O–H groups in total. The first kappa shape index (κ1) is 16.2. The van der Waals surface area contributed by atoms with Crippen LogP contribution in [-0.4, -0.2) is 24.8 Å². The van der Waals surface area contributed by atoms with Crippen LogP contribution in [0.3, 0.4) is 0 Å². The van der Waals surface area contributed by atoms with E-state index in [0.29, 0.717) is 0 Å². The van der Waals surface area contributed by atoms with Crippen molar-refractivity contribution in [3.63, 3.8) is 0 Å². The predicted octanol–water partition coefficient (Wildman–Crippen LogP) is 4.78. The van der Waals surface area contributed by atoms with Crippen LogP contribution in [0.2, 0.25) is 0 Å². The minimum Gasteiger partial charge on any atom is -0.497 e. The van der Waals surface area contributed by atoms with Crippen LogP contribution in [0.25, 0.3) is 5.69 Å². The first-order chi connectivity index (χ1) is 12.3. The Bertz CT molecular complexity index is 860. The number of hydrogen-bond donors (Lipinski definition) is 0. The van der Waals surface area contributed by atoms with E-state index in [1.807, 2.05) is 30.3 Å². The fourth-order valence-corrected chi connectivity index (χ4v) is 3.64. The molecule has 2 heterocycles. The average Bonchev–Trinajstić information content (AvgIpc) is 3.31. The third kappa shape index (κ3) is 3.17. The van der Waals surface area contributed by atoms with Gasteiger partial charge in [0.15, 0.2) is 6.23 Å². The lowest BCUT2D eigenvalue weighted by Crippen LogP contribution is -2.22. The van der Waals surface area contributed by atoms with E-state index in [4.69, 9.17) is 9.47 Å². The lowest BCUT2D eigenvalue weighted by molar-refractivity contribution is 0.114. The van der Waals surface area contributed by atoms with E-state index < -0.39 is 0 Å². The number of nitrogens with zero attached hydrogens (tertiary/aromatic N) is 2. The highest BCUT2D eigenvalue weighted by Gasteiger charge is 2.28. The fraction of sp³-hybridized carbons (Fsp3) is 0.200. The van der Waals surface area contributed by atoms with E-state index in [2.05, 4.69) is 62.1 Å². The summed E-state index contributed by atoms with van der Waals surface area (Å²) in [6.07, 6.45) is 4.13. The minimum atomic E-state index is -0.0721. The number of halogens is 1. The molecule has 25 heavy (non-hydrogen) atoms. The van der Waals surface area contributed by atoms with Crippen molar-refractivity contribution >= 4 is 21.6 Å². The third-order valence-corrected chi connectivity index (χ3v) is 5.10. The van der Waals surface area contributed by atoms with Crippen LogP contribution in [0.4, 0.5) is 5.69 Å². The monoisotopic (exact) mass is 398 g/mol. The Morgan fingerprint density at radius 1 is 1.08 bits per heavy atom. The van der Waals surface area contributed by atoms with E-state index in [0.717, 1.165) is 40.3 Å². The van der Waals surface area contributed by atoms with Crippen molar-refractivity contribution in [1.29, 1.82) is 0 Å². The Morgan fingerprint density at radius 3 is 2.64 bits per heavy atom. The van der Waals surface area contributed by atoms with Crippen molar-refractivity contribution in [2.45, 2.75) is 6.23 Å². The number of benzene rings is 2. The van der Waals surface area contributed by atoms with Crippen LogP contribution in [0.1, 0.15) is 11.8 Å². The molecule has 0 bridgehead atoms. The van der Waals surface area contributed by atoms with E-state index in [1.165, 1.54) is 0 Å². The van der Waals surface area contributed by atoms with Gasteiger partial charge in [0.2, 0.25) is 0 Å². The summed E-state index contributed by atoms with van der Waals surface area (Å²) in [5, 5.41) is 0. The van der Waals surface area contributed by atoms with Gasteiger partial charge in [-0.2, -0.15) is 0 Å². The molecule has 4 rings (SSSR count). The number of para-hydroxylation sites is 1. The van der Waals surface area contributed by atoms with Crippen LogP contribution in [0, 0.1) is 0 Å². The Kier molecular flexibility index (Phi) is 4.51. The fourth-order valence-electron chi connectivity index (χ4n) is 3.15. The largest absolute Gasteiger partial charge is 0.497 e. The van der Waals surface area contributed by atoms with Crippen LogP contribution in [-0.2, 0) is 4.74 Å². The summed E-state index contributed by atoms with van der Waals surface area (Å²) in [6, 6.07) is 18.4. The number of anilines is 1. The van der Waals surface area contributed by atoms with Gasteiger partial charge in [0.05, 0.1) is 19.4 Å². The van der Waals surface area contributed by atoms with Gasteiger partial charge in [-0.3, -0.25) is 0 Å². The van der Waals surface area contributed by atoms with Gasteiger partial charge in [0.1, 0.15) is 5.75 Å². The highest BCUT2D eigenvalue weighted by atomic mass is 79.9. The molecule has 1 atom stereocenters. The molecule has 4 nitrogen and oxygen atoms in total.